The van der Waals surface area contributed by atoms with Crippen molar-refractivity contribution < 1.29 is 4.79 Å². The lowest BCUT2D eigenvalue weighted by Gasteiger charge is -2.22. The van der Waals surface area contributed by atoms with Crippen LogP contribution in [0.25, 0.3) is 0 Å². The Morgan fingerprint density at radius 3 is 2.78 bits per heavy atom. The molecule has 2 rings (SSSR count). The molecule has 2 N–H and O–H groups in total. The molecule has 0 radical (unpaired) electrons. The summed E-state index contributed by atoms with van der Waals surface area (Å²) in [5, 5.41) is 6.36. The van der Waals surface area contributed by atoms with Gasteiger partial charge in [-0.3, -0.25) is 4.79 Å². The van der Waals surface area contributed by atoms with E-state index in [1.54, 1.807) is 0 Å². The van der Waals surface area contributed by atoms with Gasteiger partial charge in [0.2, 0.25) is 5.91 Å². The van der Waals surface area contributed by atoms with Gasteiger partial charge in [0.05, 0.1) is 0 Å². The number of hydrogen-bond acceptors (Lipinski definition) is 3. The minimum atomic E-state index is -0.0277. The van der Waals surface area contributed by atoms with Crippen molar-refractivity contribution in [3.8, 4) is 0 Å². The number of anilines is 1. The lowest BCUT2D eigenvalue weighted by atomic mass is 10.1. The normalized spacial score (nSPS) is 19.5. The fourth-order valence-corrected chi connectivity index (χ4v) is 3.18. The first-order valence-corrected chi connectivity index (χ1v) is 7.57. The van der Waals surface area contributed by atoms with Gasteiger partial charge in [0.1, 0.15) is 0 Å². The van der Waals surface area contributed by atoms with E-state index in [0.29, 0.717) is 6.04 Å². The molecule has 4 heteroatoms. The highest BCUT2D eigenvalue weighted by Crippen LogP contribution is 2.17. The molecule has 1 atom stereocenters. The average molecular weight is 264 g/mol. The molecule has 0 aliphatic carbocycles. The van der Waals surface area contributed by atoms with E-state index in [1.165, 1.54) is 36.8 Å². The maximum absolute atomic E-state index is 10.9. The zero-order valence-electron chi connectivity index (χ0n) is 10.7. The van der Waals surface area contributed by atoms with Crippen LogP contribution in [0.5, 0.6) is 0 Å². The largest absolute Gasteiger partial charge is 0.326 e. The summed E-state index contributed by atoms with van der Waals surface area (Å²) in [5.41, 5.74) is 2.12. The van der Waals surface area contributed by atoms with Crippen molar-refractivity contribution in [2.45, 2.75) is 32.4 Å². The van der Waals surface area contributed by atoms with E-state index in [9.17, 15) is 4.79 Å². The summed E-state index contributed by atoms with van der Waals surface area (Å²) in [6, 6.07) is 8.68. The Labute approximate surface area is 113 Å². The molecule has 0 unspecified atom stereocenters. The van der Waals surface area contributed by atoms with E-state index >= 15 is 0 Å². The van der Waals surface area contributed by atoms with E-state index in [0.717, 1.165) is 12.2 Å². The van der Waals surface area contributed by atoms with Crippen LogP contribution in [0.15, 0.2) is 24.3 Å². The number of carbonyl (C=O) groups excluding carboxylic acids is 1. The quantitative estimate of drug-likeness (QED) is 0.878. The van der Waals surface area contributed by atoms with E-state index in [2.05, 4.69) is 22.8 Å². The summed E-state index contributed by atoms with van der Waals surface area (Å²) in [6.07, 6.45) is 2.61. The van der Waals surface area contributed by atoms with Crippen LogP contribution in [0.1, 0.15) is 25.3 Å². The van der Waals surface area contributed by atoms with Crippen molar-refractivity contribution in [2.24, 2.45) is 0 Å². The molecule has 1 amide bonds. The van der Waals surface area contributed by atoms with Gasteiger partial charge in [0.15, 0.2) is 0 Å². The van der Waals surface area contributed by atoms with E-state index < -0.39 is 0 Å². The number of nitrogens with one attached hydrogen (secondary N) is 2. The number of hydrogen-bond donors (Lipinski definition) is 2. The van der Waals surface area contributed by atoms with Crippen LogP contribution in [-0.2, 0) is 11.3 Å². The molecule has 18 heavy (non-hydrogen) atoms. The third kappa shape index (κ3) is 4.35. The predicted octanol–water partition coefficient (Wildman–Crippen LogP) is 2.63. The third-order valence-electron chi connectivity index (χ3n) is 3.03. The van der Waals surface area contributed by atoms with E-state index in [-0.39, 0.29) is 5.91 Å². The summed E-state index contributed by atoms with van der Waals surface area (Å²) in [7, 11) is 0. The van der Waals surface area contributed by atoms with Crippen LogP contribution in [-0.4, -0.2) is 23.5 Å². The molecule has 1 saturated heterocycles. The highest BCUT2D eigenvalue weighted by atomic mass is 32.2. The lowest BCUT2D eigenvalue weighted by molar-refractivity contribution is -0.114. The van der Waals surface area contributed by atoms with Crippen molar-refractivity contribution in [3.05, 3.63) is 29.8 Å². The highest BCUT2D eigenvalue weighted by molar-refractivity contribution is 7.99. The van der Waals surface area contributed by atoms with Crippen LogP contribution >= 0.6 is 11.8 Å². The van der Waals surface area contributed by atoms with Gasteiger partial charge in [-0.25, -0.2) is 0 Å². The smallest absolute Gasteiger partial charge is 0.221 e. The van der Waals surface area contributed by atoms with Gasteiger partial charge < -0.3 is 10.6 Å². The fraction of sp³-hybridized carbons (Fsp3) is 0.500. The summed E-state index contributed by atoms with van der Waals surface area (Å²) < 4.78 is 0. The summed E-state index contributed by atoms with van der Waals surface area (Å²) in [6.45, 7) is 2.43. The molecule has 3 nitrogen and oxygen atoms in total. The molecular formula is C14H20N2OS. The molecule has 1 aliphatic rings. The zero-order chi connectivity index (χ0) is 12.8. The van der Waals surface area contributed by atoms with Gasteiger partial charge in [0, 0.05) is 31.0 Å². The molecule has 0 saturated carbocycles. The number of benzene rings is 1. The Bertz CT molecular complexity index is 385. The van der Waals surface area contributed by atoms with Crippen LogP contribution in [0, 0.1) is 0 Å². The van der Waals surface area contributed by atoms with Crippen molar-refractivity contribution in [1.29, 1.82) is 0 Å². The number of thioether (sulfide) groups is 1. The second-order valence-corrected chi connectivity index (χ2v) is 5.82. The lowest BCUT2D eigenvalue weighted by Crippen LogP contribution is -2.33. The first-order chi connectivity index (χ1) is 8.74. The Kier molecular flexibility index (Phi) is 5.08. The average Bonchev–Trinajstić information content (AvgIpc) is 2.38. The SMILES string of the molecule is CC(=O)Nc1ccc(CN[C@H]2CCCSC2)cc1. The predicted molar refractivity (Wildman–Crippen MR) is 77.9 cm³/mol. The second-order valence-electron chi connectivity index (χ2n) is 4.67. The third-order valence-corrected chi connectivity index (χ3v) is 4.24. The van der Waals surface area contributed by atoms with Gasteiger partial charge >= 0.3 is 0 Å². The monoisotopic (exact) mass is 264 g/mol. The molecule has 0 bridgehead atoms. The van der Waals surface area contributed by atoms with Gasteiger partial charge in [-0.2, -0.15) is 11.8 Å². The van der Waals surface area contributed by atoms with Crippen molar-refractivity contribution in [1.82, 2.24) is 5.32 Å². The zero-order valence-corrected chi connectivity index (χ0v) is 11.6. The Balaban J connectivity index is 1.80. The molecule has 1 aromatic carbocycles. The summed E-state index contributed by atoms with van der Waals surface area (Å²) >= 11 is 2.04. The number of rotatable bonds is 4. The molecule has 98 valence electrons. The molecular weight excluding hydrogens is 244 g/mol. The minimum absolute atomic E-state index is 0.0277. The maximum Gasteiger partial charge on any atom is 0.221 e. The number of amides is 1. The summed E-state index contributed by atoms with van der Waals surface area (Å²) in [5.74, 6) is 2.51. The van der Waals surface area contributed by atoms with Crippen molar-refractivity contribution in [3.63, 3.8) is 0 Å². The standard InChI is InChI=1S/C14H20N2OS/c1-11(17)16-13-6-4-12(5-7-13)9-15-14-3-2-8-18-10-14/h4-7,14-15H,2-3,8-10H2,1H3,(H,16,17)/t14-/m0/s1. The first kappa shape index (κ1) is 13.4. The Morgan fingerprint density at radius 1 is 1.39 bits per heavy atom. The van der Waals surface area contributed by atoms with Crippen molar-refractivity contribution >= 4 is 23.4 Å². The fourth-order valence-electron chi connectivity index (χ4n) is 2.07. The second kappa shape index (κ2) is 6.81. The molecule has 1 heterocycles. The van der Waals surface area contributed by atoms with E-state index in [4.69, 9.17) is 0 Å². The first-order valence-electron chi connectivity index (χ1n) is 6.42. The van der Waals surface area contributed by atoms with Crippen molar-refractivity contribution in [2.75, 3.05) is 16.8 Å². The highest BCUT2D eigenvalue weighted by Gasteiger charge is 2.12. The minimum Gasteiger partial charge on any atom is -0.326 e. The van der Waals surface area contributed by atoms with Gasteiger partial charge in [-0.05, 0) is 36.3 Å². The van der Waals surface area contributed by atoms with Crippen LogP contribution in [0.3, 0.4) is 0 Å². The molecule has 1 aromatic rings. The van der Waals surface area contributed by atoms with Crippen LogP contribution < -0.4 is 10.6 Å². The summed E-state index contributed by atoms with van der Waals surface area (Å²) in [4.78, 5) is 10.9. The van der Waals surface area contributed by atoms with Crippen LogP contribution in [0.2, 0.25) is 0 Å². The molecule has 1 fully saturated rings. The Morgan fingerprint density at radius 2 is 2.17 bits per heavy atom. The molecule has 0 spiro atoms. The molecule has 0 aromatic heterocycles. The topological polar surface area (TPSA) is 41.1 Å². The Hall–Kier alpha value is -1.00. The van der Waals surface area contributed by atoms with Gasteiger partial charge in [0.25, 0.3) is 0 Å². The van der Waals surface area contributed by atoms with Crippen LogP contribution in [0.4, 0.5) is 5.69 Å². The van der Waals surface area contributed by atoms with Gasteiger partial charge in [-0.15, -0.1) is 0 Å². The van der Waals surface area contributed by atoms with E-state index in [1.807, 2.05) is 23.9 Å². The molecule has 1 aliphatic heterocycles. The maximum atomic E-state index is 10.9. The van der Waals surface area contributed by atoms with Gasteiger partial charge in [-0.1, -0.05) is 12.1 Å². The number of carbonyl (C=O) groups is 1.